The van der Waals surface area contributed by atoms with Crippen LogP contribution in [-0.2, 0) is 9.53 Å². The van der Waals surface area contributed by atoms with Crippen LogP contribution < -0.4 is 4.74 Å². The highest BCUT2D eigenvalue weighted by Gasteiger charge is 2.09. The molecule has 0 spiro atoms. The number of halogens is 1. The van der Waals surface area contributed by atoms with Crippen molar-refractivity contribution >= 4 is 34.2 Å². The fraction of sp³-hybridized carbons (Fsp3) is 0.312. The van der Waals surface area contributed by atoms with Crippen molar-refractivity contribution in [3.63, 3.8) is 0 Å². The number of carbonyl (C=O) groups excluding carboxylic acids is 1. The third kappa shape index (κ3) is 4.82. The molecule has 1 aromatic heterocycles. The molecule has 0 fully saturated rings. The van der Waals surface area contributed by atoms with Gasteiger partial charge in [0, 0.05) is 11.6 Å². The van der Waals surface area contributed by atoms with Gasteiger partial charge in [-0.2, -0.15) is 0 Å². The second-order valence-electron chi connectivity index (χ2n) is 4.89. The molecular formula is C16H17ClN2O4. The summed E-state index contributed by atoms with van der Waals surface area (Å²) in [6.45, 7) is 1.73. The molecule has 0 saturated heterocycles. The molecule has 7 heteroatoms. The maximum absolute atomic E-state index is 11.7. The quantitative estimate of drug-likeness (QED) is 0.275. The van der Waals surface area contributed by atoms with Crippen LogP contribution in [-0.4, -0.2) is 35.1 Å². The molecule has 0 aliphatic heterocycles. The summed E-state index contributed by atoms with van der Waals surface area (Å²) >= 11 is 6.10. The Balaban J connectivity index is 1.86. The molecule has 2 aromatic rings. The molecule has 0 atom stereocenters. The molecule has 0 unspecified atom stereocenters. The van der Waals surface area contributed by atoms with Gasteiger partial charge in [0.05, 0.1) is 17.3 Å². The van der Waals surface area contributed by atoms with Gasteiger partial charge in [0.15, 0.2) is 6.61 Å². The molecule has 1 heterocycles. The van der Waals surface area contributed by atoms with Crippen molar-refractivity contribution in [1.82, 2.24) is 4.98 Å². The predicted octanol–water partition coefficient (Wildman–Crippen LogP) is 3.44. The number of aromatic nitrogens is 1. The summed E-state index contributed by atoms with van der Waals surface area (Å²) in [6.07, 6.45) is 2.79. The number of benzene rings is 1. The summed E-state index contributed by atoms with van der Waals surface area (Å²) in [7, 11) is 0. The van der Waals surface area contributed by atoms with Crippen LogP contribution in [0.2, 0.25) is 5.02 Å². The number of fused-ring (bicyclic) bond motifs is 1. The van der Waals surface area contributed by atoms with Gasteiger partial charge in [-0.3, -0.25) is 4.98 Å². The van der Waals surface area contributed by atoms with E-state index in [4.69, 9.17) is 26.3 Å². The van der Waals surface area contributed by atoms with Gasteiger partial charge >= 0.3 is 5.97 Å². The molecular weight excluding hydrogens is 320 g/mol. The molecule has 0 aliphatic carbocycles. The first-order valence-electron chi connectivity index (χ1n) is 7.11. The maximum atomic E-state index is 11.7. The number of pyridine rings is 1. The lowest BCUT2D eigenvalue weighted by atomic mass is 10.2. The molecule has 122 valence electrons. The topological polar surface area (TPSA) is 81.0 Å². The number of rotatable bonds is 7. The van der Waals surface area contributed by atoms with Crippen LogP contribution in [0.15, 0.2) is 35.6 Å². The first-order valence-corrected chi connectivity index (χ1v) is 7.49. The minimum Gasteiger partial charge on any atom is -0.480 e. The zero-order valence-corrected chi connectivity index (χ0v) is 13.4. The lowest BCUT2D eigenvalue weighted by Gasteiger charge is -2.09. The van der Waals surface area contributed by atoms with Crippen LogP contribution >= 0.6 is 11.6 Å². The maximum Gasteiger partial charge on any atom is 0.344 e. The molecule has 1 N–H and O–H groups in total. The van der Waals surface area contributed by atoms with Gasteiger partial charge in [-0.15, -0.1) is 0 Å². The number of hydrogen-bond acceptors (Lipinski definition) is 6. The number of ether oxygens (including phenoxy) is 2. The van der Waals surface area contributed by atoms with E-state index >= 15 is 0 Å². The van der Waals surface area contributed by atoms with E-state index in [1.54, 1.807) is 31.3 Å². The second kappa shape index (κ2) is 8.33. The van der Waals surface area contributed by atoms with Crippen LogP contribution in [0.1, 0.15) is 19.8 Å². The summed E-state index contributed by atoms with van der Waals surface area (Å²) < 4.78 is 10.5. The van der Waals surface area contributed by atoms with Crippen molar-refractivity contribution in [2.24, 2.45) is 5.16 Å². The number of nitrogens with zero attached hydrogens (tertiary/aromatic N) is 2. The predicted molar refractivity (Wildman–Crippen MR) is 87.3 cm³/mol. The average molecular weight is 337 g/mol. The van der Waals surface area contributed by atoms with E-state index < -0.39 is 5.97 Å². The third-order valence-corrected chi connectivity index (χ3v) is 3.47. The highest BCUT2D eigenvalue weighted by Crippen LogP contribution is 2.29. The van der Waals surface area contributed by atoms with Gasteiger partial charge in [-0.25, -0.2) is 4.79 Å². The van der Waals surface area contributed by atoms with Gasteiger partial charge < -0.3 is 14.7 Å². The van der Waals surface area contributed by atoms with E-state index in [2.05, 4.69) is 10.1 Å². The Labute approximate surface area is 138 Å². The van der Waals surface area contributed by atoms with E-state index in [-0.39, 0.29) is 13.2 Å². The van der Waals surface area contributed by atoms with E-state index in [0.717, 1.165) is 5.39 Å². The summed E-state index contributed by atoms with van der Waals surface area (Å²) in [4.78, 5) is 15.9. The van der Waals surface area contributed by atoms with Gasteiger partial charge in [0.25, 0.3) is 0 Å². The SMILES string of the molecule is CC(CCCOC(=O)COc1ccc(Cl)c2cccnc12)=NO. The van der Waals surface area contributed by atoms with Crippen molar-refractivity contribution in [2.45, 2.75) is 19.8 Å². The fourth-order valence-electron chi connectivity index (χ4n) is 1.97. The Morgan fingerprint density at radius 1 is 1.39 bits per heavy atom. The molecule has 6 nitrogen and oxygen atoms in total. The molecule has 23 heavy (non-hydrogen) atoms. The van der Waals surface area contributed by atoms with Gasteiger partial charge in [0.1, 0.15) is 11.3 Å². The van der Waals surface area contributed by atoms with Crippen LogP contribution in [0.25, 0.3) is 10.9 Å². The van der Waals surface area contributed by atoms with E-state index in [1.165, 1.54) is 0 Å². The Hall–Kier alpha value is -2.34. The third-order valence-electron chi connectivity index (χ3n) is 3.14. The van der Waals surface area contributed by atoms with Crippen molar-refractivity contribution in [3.8, 4) is 5.75 Å². The molecule has 2 rings (SSSR count). The normalized spacial score (nSPS) is 11.5. The summed E-state index contributed by atoms with van der Waals surface area (Å²) in [5, 5.41) is 12.9. The lowest BCUT2D eigenvalue weighted by molar-refractivity contribution is -0.146. The van der Waals surface area contributed by atoms with Gasteiger partial charge in [0.2, 0.25) is 0 Å². The van der Waals surface area contributed by atoms with E-state index in [0.29, 0.717) is 34.8 Å². The van der Waals surface area contributed by atoms with Crippen molar-refractivity contribution in [3.05, 3.63) is 35.5 Å². The Morgan fingerprint density at radius 2 is 2.22 bits per heavy atom. The van der Waals surface area contributed by atoms with Crippen LogP contribution in [0.3, 0.4) is 0 Å². The highest BCUT2D eigenvalue weighted by molar-refractivity contribution is 6.35. The van der Waals surface area contributed by atoms with Crippen LogP contribution in [0.4, 0.5) is 0 Å². The fourth-order valence-corrected chi connectivity index (χ4v) is 2.19. The standard InChI is InChI=1S/C16H17ClN2O4/c1-11(19-21)4-3-9-22-15(20)10-23-14-7-6-13(17)12-5-2-8-18-16(12)14/h2,5-8,21H,3-4,9-10H2,1H3. The zero-order valence-electron chi connectivity index (χ0n) is 12.7. The summed E-state index contributed by atoms with van der Waals surface area (Å²) in [5.41, 5.74) is 1.19. The molecule has 0 radical (unpaired) electrons. The minimum atomic E-state index is -0.470. The van der Waals surface area contributed by atoms with Crippen LogP contribution in [0, 0.1) is 0 Å². The minimum absolute atomic E-state index is 0.208. The molecule has 1 aromatic carbocycles. The van der Waals surface area contributed by atoms with E-state index in [9.17, 15) is 4.79 Å². The highest BCUT2D eigenvalue weighted by atomic mass is 35.5. The lowest BCUT2D eigenvalue weighted by Crippen LogP contribution is -2.16. The number of carbonyl (C=O) groups is 1. The number of oxime groups is 1. The number of esters is 1. The first kappa shape index (κ1) is 17.0. The average Bonchev–Trinajstić information content (AvgIpc) is 2.58. The molecule has 0 bridgehead atoms. The van der Waals surface area contributed by atoms with Gasteiger partial charge in [-0.1, -0.05) is 16.8 Å². The molecule has 0 saturated carbocycles. The number of hydrogen-bond donors (Lipinski definition) is 1. The largest absolute Gasteiger partial charge is 0.480 e. The van der Waals surface area contributed by atoms with Crippen LogP contribution in [0.5, 0.6) is 5.75 Å². The van der Waals surface area contributed by atoms with Crippen molar-refractivity contribution in [2.75, 3.05) is 13.2 Å². The first-order chi connectivity index (χ1) is 11.1. The van der Waals surface area contributed by atoms with Crippen molar-refractivity contribution < 1.29 is 19.5 Å². The summed E-state index contributed by atoms with van der Waals surface area (Å²) in [5.74, 6) is 0.00725. The second-order valence-corrected chi connectivity index (χ2v) is 5.30. The molecule has 0 amide bonds. The monoisotopic (exact) mass is 336 g/mol. The Bertz CT molecular complexity index is 718. The zero-order chi connectivity index (χ0) is 16.7. The summed E-state index contributed by atoms with van der Waals surface area (Å²) in [6, 6.07) is 6.99. The Kier molecular flexibility index (Phi) is 6.17. The van der Waals surface area contributed by atoms with Gasteiger partial charge in [-0.05, 0) is 44.0 Å². The molecule has 0 aliphatic rings. The van der Waals surface area contributed by atoms with E-state index in [1.807, 2.05) is 6.07 Å². The smallest absolute Gasteiger partial charge is 0.344 e. The Morgan fingerprint density at radius 3 is 3.00 bits per heavy atom. The van der Waals surface area contributed by atoms with Crippen molar-refractivity contribution in [1.29, 1.82) is 0 Å².